The first-order valence-corrected chi connectivity index (χ1v) is 7.82. The van der Waals surface area contributed by atoms with E-state index >= 15 is 0 Å². The number of aliphatic hydroxyl groups is 4. The highest BCUT2D eigenvalue weighted by molar-refractivity contribution is 4.57. The van der Waals surface area contributed by atoms with Crippen LogP contribution in [0.3, 0.4) is 0 Å². The van der Waals surface area contributed by atoms with Crippen LogP contribution in [0, 0.1) is 0 Å². The maximum atomic E-state index is 9.78. The van der Waals surface area contributed by atoms with Gasteiger partial charge in [-0.2, -0.15) is 0 Å². The van der Waals surface area contributed by atoms with Crippen LogP contribution >= 0.6 is 0 Å². The van der Waals surface area contributed by atoms with Gasteiger partial charge in [-0.05, 0) is 32.1 Å². The highest BCUT2D eigenvalue weighted by Crippen LogP contribution is 2.13. The Morgan fingerprint density at radius 3 is 1.42 bits per heavy atom. The molecule has 0 radical (unpaired) electrons. The minimum Gasteiger partial charge on any atom is -0.396 e. The molecule has 0 aromatic carbocycles. The van der Waals surface area contributed by atoms with Gasteiger partial charge in [-0.15, -0.1) is 0 Å². The molecule has 0 heterocycles. The van der Waals surface area contributed by atoms with E-state index in [0.717, 1.165) is 70.6 Å². The van der Waals surface area contributed by atoms with Crippen LogP contribution in [-0.2, 0) is 0 Å². The third-order valence-corrected chi connectivity index (χ3v) is 3.45. The SMILES string of the molecule is OCCCCCCCC(O)CCCCCCC(O)O. The number of hydrogen-bond acceptors (Lipinski definition) is 4. The third kappa shape index (κ3) is 15.8. The van der Waals surface area contributed by atoms with E-state index in [4.69, 9.17) is 15.3 Å². The van der Waals surface area contributed by atoms with Crippen LogP contribution in [0.1, 0.15) is 77.0 Å². The van der Waals surface area contributed by atoms with E-state index in [1.54, 1.807) is 0 Å². The van der Waals surface area contributed by atoms with Crippen LogP contribution in [0.2, 0.25) is 0 Å². The van der Waals surface area contributed by atoms with Crippen molar-refractivity contribution in [3.05, 3.63) is 0 Å². The van der Waals surface area contributed by atoms with E-state index in [9.17, 15) is 5.11 Å². The molecule has 0 aliphatic rings. The van der Waals surface area contributed by atoms with Crippen LogP contribution in [-0.4, -0.2) is 39.4 Å². The summed E-state index contributed by atoms with van der Waals surface area (Å²) in [5.41, 5.74) is 0. The Hall–Kier alpha value is -0.160. The second-order valence-electron chi connectivity index (χ2n) is 5.41. The lowest BCUT2D eigenvalue weighted by Gasteiger charge is -2.10. The predicted octanol–water partition coefficient (Wildman–Crippen LogP) is 2.33. The van der Waals surface area contributed by atoms with Crippen molar-refractivity contribution in [1.82, 2.24) is 0 Å². The third-order valence-electron chi connectivity index (χ3n) is 3.45. The maximum Gasteiger partial charge on any atom is 0.151 e. The van der Waals surface area contributed by atoms with Crippen LogP contribution in [0.25, 0.3) is 0 Å². The zero-order valence-corrected chi connectivity index (χ0v) is 12.1. The van der Waals surface area contributed by atoms with Gasteiger partial charge in [0.1, 0.15) is 0 Å². The molecular weight excluding hydrogens is 244 g/mol. The molecule has 1 unspecified atom stereocenters. The van der Waals surface area contributed by atoms with Crippen LogP contribution < -0.4 is 0 Å². The Morgan fingerprint density at radius 2 is 0.947 bits per heavy atom. The smallest absolute Gasteiger partial charge is 0.151 e. The Morgan fingerprint density at radius 1 is 0.526 bits per heavy atom. The standard InChI is InChI=1S/C15H32O4/c16-13-9-5-1-2-6-10-14(17)11-7-3-4-8-12-15(18)19/h14-19H,1-13H2. The topological polar surface area (TPSA) is 80.9 Å². The Balaban J connectivity index is 3.14. The van der Waals surface area contributed by atoms with Crippen molar-refractivity contribution in [3.63, 3.8) is 0 Å². The van der Waals surface area contributed by atoms with Gasteiger partial charge in [-0.1, -0.05) is 44.9 Å². The molecule has 4 heteroatoms. The van der Waals surface area contributed by atoms with E-state index in [-0.39, 0.29) is 12.7 Å². The van der Waals surface area contributed by atoms with E-state index < -0.39 is 6.29 Å². The Bertz CT molecular complexity index is 174. The maximum absolute atomic E-state index is 9.78. The zero-order valence-electron chi connectivity index (χ0n) is 12.1. The average molecular weight is 276 g/mol. The first kappa shape index (κ1) is 18.8. The lowest BCUT2D eigenvalue weighted by Crippen LogP contribution is -2.06. The van der Waals surface area contributed by atoms with E-state index in [1.165, 1.54) is 0 Å². The number of rotatable bonds is 14. The molecule has 1 atom stereocenters. The molecule has 0 spiro atoms. The normalized spacial score (nSPS) is 13.1. The van der Waals surface area contributed by atoms with Crippen molar-refractivity contribution in [2.75, 3.05) is 6.61 Å². The largest absolute Gasteiger partial charge is 0.396 e. The van der Waals surface area contributed by atoms with Crippen molar-refractivity contribution in [2.45, 2.75) is 89.4 Å². The molecule has 0 aromatic heterocycles. The molecular formula is C15H32O4. The van der Waals surface area contributed by atoms with Crippen molar-refractivity contribution in [3.8, 4) is 0 Å². The number of unbranched alkanes of at least 4 members (excludes halogenated alkanes) is 7. The molecule has 4 N–H and O–H groups in total. The lowest BCUT2D eigenvalue weighted by atomic mass is 10.0. The highest BCUT2D eigenvalue weighted by atomic mass is 16.5. The summed E-state index contributed by atoms with van der Waals surface area (Å²) in [7, 11) is 0. The molecule has 4 nitrogen and oxygen atoms in total. The van der Waals surface area contributed by atoms with Gasteiger partial charge in [0, 0.05) is 6.61 Å². The second kappa shape index (κ2) is 14.3. The summed E-state index contributed by atoms with van der Waals surface area (Å²) in [4.78, 5) is 0. The molecule has 0 fully saturated rings. The van der Waals surface area contributed by atoms with Gasteiger partial charge in [0.25, 0.3) is 0 Å². The second-order valence-corrected chi connectivity index (χ2v) is 5.41. The first-order chi connectivity index (χ1) is 9.16. The summed E-state index contributed by atoms with van der Waals surface area (Å²) in [6.07, 6.45) is 10.1. The summed E-state index contributed by atoms with van der Waals surface area (Å²) in [6.45, 7) is 0.288. The van der Waals surface area contributed by atoms with Crippen molar-refractivity contribution in [2.24, 2.45) is 0 Å². The molecule has 0 saturated carbocycles. The Kier molecular flexibility index (Phi) is 14.1. The van der Waals surface area contributed by atoms with Gasteiger partial charge in [0.05, 0.1) is 6.10 Å². The van der Waals surface area contributed by atoms with E-state index in [0.29, 0.717) is 6.42 Å². The summed E-state index contributed by atoms with van der Waals surface area (Å²) in [5, 5.41) is 35.8. The van der Waals surface area contributed by atoms with Crippen LogP contribution in [0.5, 0.6) is 0 Å². The molecule has 0 bridgehead atoms. The summed E-state index contributed by atoms with van der Waals surface area (Å²) < 4.78 is 0. The highest BCUT2D eigenvalue weighted by Gasteiger charge is 2.04. The van der Waals surface area contributed by atoms with E-state index in [1.807, 2.05) is 0 Å². The van der Waals surface area contributed by atoms with Gasteiger partial charge < -0.3 is 20.4 Å². The molecule has 0 aliphatic heterocycles. The quantitative estimate of drug-likeness (QED) is 0.290. The molecule has 0 saturated heterocycles. The summed E-state index contributed by atoms with van der Waals surface area (Å²) >= 11 is 0. The number of aliphatic hydroxyl groups excluding tert-OH is 3. The fourth-order valence-electron chi connectivity index (χ4n) is 2.23. The van der Waals surface area contributed by atoms with Gasteiger partial charge in [0.2, 0.25) is 0 Å². The summed E-state index contributed by atoms with van der Waals surface area (Å²) in [5.74, 6) is 0. The minimum absolute atomic E-state index is 0.179. The van der Waals surface area contributed by atoms with Crippen molar-refractivity contribution < 1.29 is 20.4 Å². The monoisotopic (exact) mass is 276 g/mol. The average Bonchev–Trinajstić information content (AvgIpc) is 2.37. The van der Waals surface area contributed by atoms with Gasteiger partial charge in [-0.25, -0.2) is 0 Å². The minimum atomic E-state index is -1.17. The van der Waals surface area contributed by atoms with Crippen molar-refractivity contribution >= 4 is 0 Å². The van der Waals surface area contributed by atoms with Gasteiger partial charge in [-0.3, -0.25) is 0 Å². The fourth-order valence-corrected chi connectivity index (χ4v) is 2.23. The molecule has 0 rings (SSSR count). The van der Waals surface area contributed by atoms with Crippen LogP contribution in [0.15, 0.2) is 0 Å². The predicted molar refractivity (Wildman–Crippen MR) is 76.7 cm³/mol. The molecule has 0 amide bonds. The fraction of sp³-hybridized carbons (Fsp3) is 1.00. The number of hydrogen-bond donors (Lipinski definition) is 4. The molecule has 116 valence electrons. The molecule has 0 aromatic rings. The molecule has 19 heavy (non-hydrogen) atoms. The lowest BCUT2D eigenvalue weighted by molar-refractivity contribution is -0.0466. The molecule has 0 aliphatic carbocycles. The van der Waals surface area contributed by atoms with Crippen LogP contribution in [0.4, 0.5) is 0 Å². The summed E-state index contributed by atoms with van der Waals surface area (Å²) in [6, 6.07) is 0. The Labute approximate surface area is 117 Å². The zero-order chi connectivity index (χ0) is 14.3. The van der Waals surface area contributed by atoms with E-state index in [2.05, 4.69) is 0 Å². The van der Waals surface area contributed by atoms with Gasteiger partial charge in [0.15, 0.2) is 6.29 Å². The van der Waals surface area contributed by atoms with Gasteiger partial charge >= 0.3 is 0 Å². The van der Waals surface area contributed by atoms with Crippen molar-refractivity contribution in [1.29, 1.82) is 0 Å². The first-order valence-electron chi connectivity index (χ1n) is 7.82.